The minimum absolute atomic E-state index is 0.0142. The monoisotopic (exact) mass is 521 g/mol. The lowest BCUT2D eigenvalue weighted by Gasteiger charge is -2.43. The van der Waals surface area contributed by atoms with Gasteiger partial charge in [0, 0.05) is 56.7 Å². The second kappa shape index (κ2) is 11.1. The van der Waals surface area contributed by atoms with Crippen LogP contribution in [0.15, 0.2) is 48.5 Å². The molecule has 0 aromatic heterocycles. The summed E-state index contributed by atoms with van der Waals surface area (Å²) in [5, 5.41) is 0. The molecule has 0 N–H and O–H groups in total. The van der Waals surface area contributed by atoms with Crippen molar-refractivity contribution < 1.29 is 31.9 Å². The lowest BCUT2D eigenvalue weighted by molar-refractivity contribution is -0.138. The van der Waals surface area contributed by atoms with E-state index in [-0.39, 0.29) is 37.0 Å². The zero-order valence-electron chi connectivity index (χ0n) is 20.8. The van der Waals surface area contributed by atoms with Crippen LogP contribution in [0.2, 0.25) is 0 Å². The topological polar surface area (TPSA) is 53.1 Å². The molecule has 0 saturated carbocycles. The van der Waals surface area contributed by atoms with E-state index in [4.69, 9.17) is 4.74 Å². The van der Waals surface area contributed by atoms with E-state index in [9.17, 15) is 27.2 Å². The average molecular weight is 522 g/mol. The molecule has 2 heterocycles. The number of amides is 2. The highest BCUT2D eigenvalue weighted by molar-refractivity contribution is 5.94. The van der Waals surface area contributed by atoms with Crippen LogP contribution in [-0.2, 0) is 11.0 Å². The van der Waals surface area contributed by atoms with Gasteiger partial charge in [-0.05, 0) is 68.4 Å². The molecule has 0 bridgehead atoms. The molecule has 2 amide bonds. The molecule has 2 saturated heterocycles. The van der Waals surface area contributed by atoms with Gasteiger partial charge < -0.3 is 19.4 Å². The molecule has 2 aliphatic rings. The number of benzene rings is 2. The fourth-order valence-corrected chi connectivity index (χ4v) is 4.93. The standard InChI is InChI=1S/C27H31F4N3O3/c1-32-13-15-33(16-14-32)24(35)17-26(19-37-23-9-7-22(28)8-10-23)11-2-12-34(18-26)25(36)20-3-5-21(6-4-20)27(29,30)31/h3-10H,2,11-19H2,1H3/t26-/m0/s1. The van der Waals surface area contributed by atoms with Gasteiger partial charge >= 0.3 is 6.18 Å². The Hall–Kier alpha value is -3.14. The number of alkyl halides is 3. The second-order valence-electron chi connectivity index (χ2n) is 10.0. The number of carbonyl (C=O) groups excluding carboxylic acids is 2. The second-order valence-corrected chi connectivity index (χ2v) is 10.0. The molecule has 0 radical (unpaired) electrons. The molecule has 2 aliphatic heterocycles. The average Bonchev–Trinajstić information content (AvgIpc) is 2.88. The molecular weight excluding hydrogens is 490 g/mol. The van der Waals surface area contributed by atoms with Crippen LogP contribution in [-0.4, -0.2) is 79.4 Å². The Morgan fingerprint density at radius 2 is 1.57 bits per heavy atom. The van der Waals surface area contributed by atoms with Crippen LogP contribution in [0, 0.1) is 11.2 Å². The Bertz CT molecular complexity index is 1080. The number of likely N-dealkylation sites (N-methyl/N-ethyl adjacent to an activating group) is 1. The van der Waals surface area contributed by atoms with Gasteiger partial charge in [-0.25, -0.2) is 4.39 Å². The molecule has 10 heteroatoms. The molecule has 4 rings (SSSR count). The Labute approximate surface area is 213 Å². The van der Waals surface area contributed by atoms with Crippen molar-refractivity contribution in [2.75, 3.05) is 52.9 Å². The first-order chi connectivity index (χ1) is 17.5. The zero-order chi connectivity index (χ0) is 26.6. The van der Waals surface area contributed by atoms with E-state index >= 15 is 0 Å². The van der Waals surface area contributed by atoms with E-state index in [1.54, 1.807) is 4.90 Å². The summed E-state index contributed by atoms with van der Waals surface area (Å²) in [6, 6.07) is 9.78. The summed E-state index contributed by atoms with van der Waals surface area (Å²) in [6.07, 6.45) is -3.04. The smallest absolute Gasteiger partial charge is 0.416 e. The summed E-state index contributed by atoms with van der Waals surface area (Å²) in [5.41, 5.74) is -1.34. The van der Waals surface area contributed by atoms with Gasteiger partial charge in [0.05, 0.1) is 12.2 Å². The normalized spacial score (nSPS) is 21.1. The van der Waals surface area contributed by atoms with E-state index in [2.05, 4.69) is 4.90 Å². The SMILES string of the molecule is CN1CCN(C(=O)C[C@@]2(COc3ccc(F)cc3)CCCN(C(=O)c3ccc(C(F)(F)F)cc3)C2)CC1. The molecule has 1 atom stereocenters. The number of rotatable bonds is 6. The van der Waals surface area contributed by atoms with Gasteiger partial charge in [0.25, 0.3) is 5.91 Å². The van der Waals surface area contributed by atoms with Gasteiger partial charge in [0.2, 0.25) is 5.91 Å². The van der Waals surface area contributed by atoms with Crippen molar-refractivity contribution in [2.24, 2.45) is 5.41 Å². The van der Waals surface area contributed by atoms with Gasteiger partial charge in [0.1, 0.15) is 11.6 Å². The molecular formula is C27H31F4N3O3. The van der Waals surface area contributed by atoms with Crippen molar-refractivity contribution >= 4 is 11.8 Å². The van der Waals surface area contributed by atoms with Crippen molar-refractivity contribution in [3.63, 3.8) is 0 Å². The molecule has 2 fully saturated rings. The summed E-state index contributed by atoms with van der Waals surface area (Å²) in [6.45, 7) is 3.62. The van der Waals surface area contributed by atoms with Gasteiger partial charge in [-0.15, -0.1) is 0 Å². The van der Waals surface area contributed by atoms with Crippen LogP contribution in [0.4, 0.5) is 17.6 Å². The van der Waals surface area contributed by atoms with E-state index in [1.807, 2.05) is 11.9 Å². The number of likely N-dealkylation sites (tertiary alicyclic amines) is 1. The summed E-state index contributed by atoms with van der Waals surface area (Å²) >= 11 is 0. The minimum atomic E-state index is -4.48. The first-order valence-electron chi connectivity index (χ1n) is 12.4. The van der Waals surface area contributed by atoms with Crippen LogP contribution < -0.4 is 4.74 Å². The first-order valence-corrected chi connectivity index (χ1v) is 12.4. The predicted octanol–water partition coefficient (Wildman–Crippen LogP) is 4.31. The zero-order valence-corrected chi connectivity index (χ0v) is 20.8. The number of piperidine rings is 1. The highest BCUT2D eigenvalue weighted by atomic mass is 19.4. The Morgan fingerprint density at radius 3 is 2.19 bits per heavy atom. The van der Waals surface area contributed by atoms with E-state index in [0.29, 0.717) is 38.2 Å². The number of nitrogens with zero attached hydrogens (tertiary/aromatic N) is 3. The van der Waals surface area contributed by atoms with Crippen LogP contribution >= 0.6 is 0 Å². The quantitative estimate of drug-likeness (QED) is 0.532. The summed E-state index contributed by atoms with van der Waals surface area (Å²) in [7, 11) is 2.01. The maximum absolute atomic E-state index is 13.3. The molecule has 37 heavy (non-hydrogen) atoms. The van der Waals surface area contributed by atoms with Crippen molar-refractivity contribution in [1.29, 1.82) is 0 Å². The largest absolute Gasteiger partial charge is 0.493 e. The number of halogens is 4. The first kappa shape index (κ1) is 26.9. The highest BCUT2D eigenvalue weighted by Gasteiger charge is 2.41. The van der Waals surface area contributed by atoms with Crippen molar-refractivity contribution in [3.8, 4) is 5.75 Å². The molecule has 2 aromatic rings. The van der Waals surface area contributed by atoms with Gasteiger partial charge in [-0.2, -0.15) is 13.2 Å². The van der Waals surface area contributed by atoms with Crippen molar-refractivity contribution in [2.45, 2.75) is 25.4 Å². The van der Waals surface area contributed by atoms with E-state index < -0.39 is 23.0 Å². The fraction of sp³-hybridized carbons (Fsp3) is 0.481. The van der Waals surface area contributed by atoms with Crippen LogP contribution in [0.3, 0.4) is 0 Å². The lowest BCUT2D eigenvalue weighted by Crippen LogP contribution is -2.53. The van der Waals surface area contributed by atoms with E-state index in [0.717, 1.165) is 25.2 Å². The predicted molar refractivity (Wildman–Crippen MR) is 130 cm³/mol. The number of ether oxygens (including phenoxy) is 1. The van der Waals surface area contributed by atoms with Crippen LogP contribution in [0.5, 0.6) is 5.75 Å². The van der Waals surface area contributed by atoms with Gasteiger partial charge in [-0.1, -0.05) is 0 Å². The Kier molecular flexibility index (Phi) is 8.06. The Balaban J connectivity index is 1.52. The van der Waals surface area contributed by atoms with Crippen molar-refractivity contribution in [1.82, 2.24) is 14.7 Å². The number of hydrogen-bond donors (Lipinski definition) is 0. The lowest BCUT2D eigenvalue weighted by atomic mass is 9.77. The van der Waals surface area contributed by atoms with Gasteiger partial charge in [0.15, 0.2) is 0 Å². The summed E-state index contributed by atoms with van der Waals surface area (Å²) < 4.78 is 58.2. The molecule has 2 aromatic carbocycles. The van der Waals surface area contributed by atoms with Crippen LogP contribution in [0.25, 0.3) is 0 Å². The van der Waals surface area contributed by atoms with Crippen LogP contribution in [0.1, 0.15) is 35.2 Å². The Morgan fingerprint density at radius 1 is 0.919 bits per heavy atom. The molecule has 0 spiro atoms. The third-order valence-corrected chi connectivity index (χ3v) is 7.15. The van der Waals surface area contributed by atoms with Gasteiger partial charge in [-0.3, -0.25) is 9.59 Å². The van der Waals surface area contributed by atoms with E-state index in [1.165, 1.54) is 36.4 Å². The third-order valence-electron chi connectivity index (χ3n) is 7.15. The summed E-state index contributed by atoms with van der Waals surface area (Å²) in [4.78, 5) is 32.1. The molecule has 200 valence electrons. The maximum atomic E-state index is 13.3. The number of hydrogen-bond acceptors (Lipinski definition) is 4. The molecule has 0 aliphatic carbocycles. The molecule has 0 unspecified atom stereocenters. The third kappa shape index (κ3) is 6.80. The summed E-state index contributed by atoms with van der Waals surface area (Å²) in [5.74, 6) is -0.330. The highest BCUT2D eigenvalue weighted by Crippen LogP contribution is 2.36. The maximum Gasteiger partial charge on any atom is 0.416 e. The number of piperazine rings is 1. The van der Waals surface area contributed by atoms with Crippen molar-refractivity contribution in [3.05, 3.63) is 65.5 Å². The molecule has 6 nitrogen and oxygen atoms in total. The fourth-order valence-electron chi connectivity index (χ4n) is 4.93. The minimum Gasteiger partial charge on any atom is -0.493 e. The number of carbonyl (C=O) groups is 2.